The normalized spacial score (nSPS) is 14.8. The third-order valence-corrected chi connectivity index (χ3v) is 2.58. The smallest absolute Gasteiger partial charge is 0.309 e. The van der Waals surface area contributed by atoms with Crippen molar-refractivity contribution >= 4 is 11.7 Å². The molecule has 1 aliphatic rings. The fourth-order valence-corrected chi connectivity index (χ4v) is 1.38. The predicted octanol–water partition coefficient (Wildman–Crippen LogP) is 2.14. The van der Waals surface area contributed by atoms with Crippen molar-refractivity contribution in [2.75, 3.05) is 5.73 Å². The molecule has 1 fully saturated rings. The zero-order chi connectivity index (χ0) is 12.6. The number of carbonyl (C=O) groups excluding carboxylic acids is 1. The highest BCUT2D eigenvalue weighted by atomic mass is 19.2. The van der Waals surface area contributed by atoms with E-state index >= 15 is 0 Å². The van der Waals surface area contributed by atoms with E-state index in [4.69, 9.17) is 10.5 Å². The van der Waals surface area contributed by atoms with Crippen LogP contribution in [0, 0.1) is 23.4 Å². The second kappa shape index (κ2) is 4.27. The lowest BCUT2D eigenvalue weighted by molar-refractivity contribution is -0.146. The monoisotopic (exact) mass is 245 g/mol. The number of anilines is 1. The van der Waals surface area contributed by atoms with Gasteiger partial charge in [0.1, 0.15) is 12.4 Å². The molecule has 2 N–H and O–H groups in total. The molecule has 0 unspecified atom stereocenters. The van der Waals surface area contributed by atoms with E-state index in [1.165, 1.54) is 0 Å². The zero-order valence-electron chi connectivity index (χ0n) is 8.80. The first kappa shape index (κ1) is 11.8. The number of benzene rings is 1. The van der Waals surface area contributed by atoms with Crippen molar-refractivity contribution in [3.63, 3.8) is 0 Å². The molecule has 1 aromatic carbocycles. The number of nitrogen functional groups attached to an aromatic ring is 1. The van der Waals surface area contributed by atoms with Crippen molar-refractivity contribution < 1.29 is 22.7 Å². The SMILES string of the molecule is Nc1c(F)cc(F)c(F)c1COC(=O)C1CC1. The van der Waals surface area contributed by atoms with E-state index in [9.17, 15) is 18.0 Å². The van der Waals surface area contributed by atoms with Gasteiger partial charge in [-0.1, -0.05) is 0 Å². The Kier molecular flexibility index (Phi) is 2.95. The summed E-state index contributed by atoms with van der Waals surface area (Å²) in [6.45, 7) is -0.554. The Morgan fingerprint density at radius 1 is 1.35 bits per heavy atom. The first-order valence-electron chi connectivity index (χ1n) is 5.09. The molecule has 0 amide bonds. The van der Waals surface area contributed by atoms with Crippen LogP contribution in [-0.4, -0.2) is 5.97 Å². The number of esters is 1. The molecule has 6 heteroatoms. The van der Waals surface area contributed by atoms with Gasteiger partial charge in [-0.15, -0.1) is 0 Å². The van der Waals surface area contributed by atoms with Gasteiger partial charge in [-0.3, -0.25) is 4.79 Å². The van der Waals surface area contributed by atoms with Gasteiger partial charge in [-0.25, -0.2) is 13.2 Å². The maximum absolute atomic E-state index is 13.3. The second-order valence-electron chi connectivity index (χ2n) is 3.93. The summed E-state index contributed by atoms with van der Waals surface area (Å²) in [6.07, 6.45) is 1.46. The molecule has 1 aliphatic carbocycles. The molecule has 0 heterocycles. The molecule has 92 valence electrons. The molecule has 0 aromatic heterocycles. The minimum Gasteiger partial charge on any atom is -0.460 e. The molecule has 0 radical (unpaired) electrons. The van der Waals surface area contributed by atoms with Crippen LogP contribution in [-0.2, 0) is 16.1 Å². The summed E-state index contributed by atoms with van der Waals surface area (Å²) >= 11 is 0. The van der Waals surface area contributed by atoms with Crippen molar-refractivity contribution in [3.8, 4) is 0 Å². The summed E-state index contributed by atoms with van der Waals surface area (Å²) in [5.74, 6) is -4.37. The third kappa shape index (κ3) is 2.35. The van der Waals surface area contributed by atoms with Crippen LogP contribution in [0.1, 0.15) is 18.4 Å². The van der Waals surface area contributed by atoms with Crippen molar-refractivity contribution in [1.82, 2.24) is 0 Å². The molecule has 0 atom stereocenters. The Balaban J connectivity index is 2.16. The number of ether oxygens (including phenoxy) is 1. The Hall–Kier alpha value is -1.72. The van der Waals surface area contributed by atoms with Crippen LogP contribution in [0.3, 0.4) is 0 Å². The van der Waals surface area contributed by atoms with Gasteiger partial charge < -0.3 is 10.5 Å². The molecule has 17 heavy (non-hydrogen) atoms. The number of carbonyl (C=O) groups is 1. The van der Waals surface area contributed by atoms with E-state index in [-0.39, 0.29) is 5.92 Å². The summed E-state index contributed by atoms with van der Waals surface area (Å²) in [7, 11) is 0. The van der Waals surface area contributed by atoms with Crippen LogP contribution in [0.15, 0.2) is 6.07 Å². The highest BCUT2D eigenvalue weighted by molar-refractivity contribution is 5.75. The minimum absolute atomic E-state index is 0.169. The molecular formula is C11H10F3NO2. The van der Waals surface area contributed by atoms with Crippen molar-refractivity contribution in [3.05, 3.63) is 29.1 Å². The topological polar surface area (TPSA) is 52.3 Å². The van der Waals surface area contributed by atoms with E-state index < -0.39 is 41.3 Å². The highest BCUT2D eigenvalue weighted by Gasteiger charge is 2.31. The zero-order valence-corrected chi connectivity index (χ0v) is 8.80. The Morgan fingerprint density at radius 3 is 2.59 bits per heavy atom. The van der Waals surface area contributed by atoms with Crippen LogP contribution in [0.5, 0.6) is 0 Å². The number of rotatable bonds is 3. The summed E-state index contributed by atoms with van der Waals surface area (Å²) < 4.78 is 44.0. The standard InChI is InChI=1S/C11H10F3NO2/c12-7-3-8(13)10(15)6(9(7)14)4-17-11(16)5-1-2-5/h3,5H,1-2,4,15H2. The van der Waals surface area contributed by atoms with Crippen molar-refractivity contribution in [2.24, 2.45) is 5.92 Å². The Labute approximate surface area is 95.4 Å². The lowest BCUT2D eigenvalue weighted by atomic mass is 10.1. The van der Waals surface area contributed by atoms with Crippen molar-refractivity contribution in [2.45, 2.75) is 19.4 Å². The number of hydrogen-bond acceptors (Lipinski definition) is 3. The van der Waals surface area contributed by atoms with E-state index in [1.807, 2.05) is 0 Å². The molecule has 0 bridgehead atoms. The van der Waals surface area contributed by atoms with Crippen LogP contribution in [0.4, 0.5) is 18.9 Å². The van der Waals surface area contributed by atoms with Crippen LogP contribution >= 0.6 is 0 Å². The van der Waals surface area contributed by atoms with Gasteiger partial charge in [-0.2, -0.15) is 0 Å². The Bertz CT molecular complexity index is 446. The molecule has 1 aromatic rings. The minimum atomic E-state index is -1.35. The van der Waals surface area contributed by atoms with E-state index in [1.54, 1.807) is 0 Å². The number of halogens is 3. The van der Waals surface area contributed by atoms with E-state index in [0.717, 1.165) is 12.8 Å². The van der Waals surface area contributed by atoms with Crippen LogP contribution in [0.2, 0.25) is 0 Å². The first-order chi connectivity index (χ1) is 8.00. The fraction of sp³-hybridized carbons (Fsp3) is 0.364. The molecule has 0 spiro atoms. The lowest BCUT2D eigenvalue weighted by Crippen LogP contribution is -2.11. The summed E-state index contributed by atoms with van der Waals surface area (Å²) in [6, 6.07) is 0.358. The average molecular weight is 245 g/mol. The van der Waals surface area contributed by atoms with Crippen LogP contribution in [0.25, 0.3) is 0 Å². The van der Waals surface area contributed by atoms with E-state index in [2.05, 4.69) is 0 Å². The average Bonchev–Trinajstić information content (AvgIpc) is 3.10. The fourth-order valence-electron chi connectivity index (χ4n) is 1.38. The summed E-state index contributed by atoms with van der Waals surface area (Å²) in [5, 5.41) is 0. The molecule has 0 saturated heterocycles. The van der Waals surface area contributed by atoms with Gasteiger partial charge in [0.2, 0.25) is 0 Å². The maximum Gasteiger partial charge on any atom is 0.309 e. The second-order valence-corrected chi connectivity index (χ2v) is 3.93. The van der Waals surface area contributed by atoms with Gasteiger partial charge in [0.05, 0.1) is 17.2 Å². The molecule has 1 saturated carbocycles. The third-order valence-electron chi connectivity index (χ3n) is 2.58. The first-order valence-corrected chi connectivity index (χ1v) is 5.09. The van der Waals surface area contributed by atoms with Crippen LogP contribution < -0.4 is 5.73 Å². The highest BCUT2D eigenvalue weighted by Crippen LogP contribution is 2.31. The van der Waals surface area contributed by atoms with Crippen molar-refractivity contribution in [1.29, 1.82) is 0 Å². The van der Waals surface area contributed by atoms with Gasteiger partial charge in [-0.05, 0) is 12.8 Å². The molecular weight excluding hydrogens is 235 g/mol. The lowest BCUT2D eigenvalue weighted by Gasteiger charge is -2.09. The number of nitrogens with two attached hydrogens (primary N) is 1. The van der Waals surface area contributed by atoms with Gasteiger partial charge in [0, 0.05) is 6.07 Å². The Morgan fingerprint density at radius 2 is 2.00 bits per heavy atom. The van der Waals surface area contributed by atoms with Gasteiger partial charge in [0.25, 0.3) is 0 Å². The molecule has 2 rings (SSSR count). The molecule has 3 nitrogen and oxygen atoms in total. The molecule has 0 aliphatic heterocycles. The summed E-state index contributed by atoms with van der Waals surface area (Å²) in [4.78, 5) is 11.2. The van der Waals surface area contributed by atoms with Gasteiger partial charge >= 0.3 is 5.97 Å². The van der Waals surface area contributed by atoms with Gasteiger partial charge in [0.15, 0.2) is 11.6 Å². The quantitative estimate of drug-likeness (QED) is 0.504. The number of hydrogen-bond donors (Lipinski definition) is 1. The largest absolute Gasteiger partial charge is 0.460 e. The van der Waals surface area contributed by atoms with E-state index in [0.29, 0.717) is 6.07 Å². The predicted molar refractivity (Wildman–Crippen MR) is 53.2 cm³/mol. The summed E-state index contributed by atoms with van der Waals surface area (Å²) in [5.41, 5.74) is 4.26. The maximum atomic E-state index is 13.3.